The number of carbonyl (C=O) groups is 1. The predicted octanol–water partition coefficient (Wildman–Crippen LogP) is 2.52. The van der Waals surface area contributed by atoms with Crippen LogP contribution in [0.1, 0.15) is 12.5 Å². The number of hydrogen-bond acceptors (Lipinski definition) is 3. The Labute approximate surface area is 92.6 Å². The molecular formula is C10H11ClN2O2. The summed E-state index contributed by atoms with van der Waals surface area (Å²) in [6.07, 6.45) is 0. The Morgan fingerprint density at radius 3 is 2.80 bits per heavy atom. The van der Waals surface area contributed by atoms with E-state index in [0.717, 1.165) is 5.56 Å². The molecule has 0 spiro atoms. The molecule has 1 rings (SSSR count). The van der Waals surface area contributed by atoms with Crippen LogP contribution in [0.25, 0.3) is 0 Å². The van der Waals surface area contributed by atoms with Gasteiger partial charge in [-0.2, -0.15) is 5.10 Å². The number of benzene rings is 1. The van der Waals surface area contributed by atoms with E-state index in [1.165, 1.54) is 6.92 Å². The number of nitrogens with one attached hydrogen (secondary N) is 1. The number of anilines is 1. The van der Waals surface area contributed by atoms with Crippen LogP contribution in [-0.4, -0.2) is 16.8 Å². The van der Waals surface area contributed by atoms with Crippen molar-refractivity contribution in [3.8, 4) is 0 Å². The molecule has 1 aromatic carbocycles. The highest BCUT2D eigenvalue weighted by atomic mass is 35.5. The van der Waals surface area contributed by atoms with E-state index >= 15 is 0 Å². The van der Waals surface area contributed by atoms with E-state index in [1.807, 2.05) is 6.92 Å². The van der Waals surface area contributed by atoms with Crippen molar-refractivity contribution < 1.29 is 9.90 Å². The first-order valence-electron chi connectivity index (χ1n) is 4.31. The predicted molar refractivity (Wildman–Crippen MR) is 60.6 cm³/mol. The van der Waals surface area contributed by atoms with Gasteiger partial charge in [0.15, 0.2) is 0 Å². The molecule has 2 N–H and O–H groups in total. The second kappa shape index (κ2) is 4.79. The minimum atomic E-state index is -1.05. The van der Waals surface area contributed by atoms with Crippen LogP contribution in [-0.2, 0) is 4.79 Å². The van der Waals surface area contributed by atoms with Gasteiger partial charge in [0.05, 0.1) is 5.69 Å². The molecule has 0 amide bonds. The molecule has 1 aromatic rings. The quantitative estimate of drug-likeness (QED) is 0.615. The summed E-state index contributed by atoms with van der Waals surface area (Å²) in [6.45, 7) is 3.24. The van der Waals surface area contributed by atoms with E-state index in [9.17, 15) is 4.79 Å². The maximum atomic E-state index is 10.5. The highest BCUT2D eigenvalue weighted by Crippen LogP contribution is 2.22. The highest BCUT2D eigenvalue weighted by molar-refractivity contribution is 6.34. The first-order chi connectivity index (χ1) is 7.02. The molecule has 15 heavy (non-hydrogen) atoms. The van der Waals surface area contributed by atoms with Gasteiger partial charge >= 0.3 is 5.97 Å². The summed E-state index contributed by atoms with van der Waals surface area (Å²) in [7, 11) is 0. The van der Waals surface area contributed by atoms with E-state index < -0.39 is 5.97 Å². The molecule has 0 fully saturated rings. The molecule has 0 saturated carbocycles. The van der Waals surface area contributed by atoms with Crippen molar-refractivity contribution in [2.75, 3.05) is 5.43 Å². The molecule has 4 nitrogen and oxygen atoms in total. The van der Waals surface area contributed by atoms with Gasteiger partial charge in [0.2, 0.25) is 0 Å². The number of carboxylic acids is 1. The maximum Gasteiger partial charge on any atom is 0.351 e. The van der Waals surface area contributed by atoms with Crippen molar-refractivity contribution in [3.05, 3.63) is 28.8 Å². The fraction of sp³-hybridized carbons (Fsp3) is 0.200. The van der Waals surface area contributed by atoms with Crippen molar-refractivity contribution in [1.29, 1.82) is 0 Å². The number of aliphatic carboxylic acids is 1. The van der Waals surface area contributed by atoms with Crippen molar-refractivity contribution >= 4 is 29.0 Å². The third kappa shape index (κ3) is 2.95. The summed E-state index contributed by atoms with van der Waals surface area (Å²) >= 11 is 5.89. The minimum Gasteiger partial charge on any atom is -0.477 e. The monoisotopic (exact) mass is 226 g/mol. The average molecular weight is 227 g/mol. The van der Waals surface area contributed by atoms with Gasteiger partial charge in [0.25, 0.3) is 0 Å². The molecule has 0 saturated heterocycles. The largest absolute Gasteiger partial charge is 0.477 e. The Morgan fingerprint density at radius 2 is 2.20 bits per heavy atom. The smallest absolute Gasteiger partial charge is 0.351 e. The van der Waals surface area contributed by atoms with E-state index in [1.54, 1.807) is 18.2 Å². The van der Waals surface area contributed by atoms with Crippen molar-refractivity contribution in [3.63, 3.8) is 0 Å². The first kappa shape index (κ1) is 11.5. The van der Waals surface area contributed by atoms with Crippen LogP contribution in [0.2, 0.25) is 5.02 Å². The second-order valence-corrected chi connectivity index (χ2v) is 3.43. The van der Waals surface area contributed by atoms with Gasteiger partial charge in [-0.15, -0.1) is 0 Å². The lowest BCUT2D eigenvalue weighted by atomic mass is 10.2. The normalized spacial score (nSPS) is 11.3. The molecule has 0 aromatic heterocycles. The Kier molecular flexibility index (Phi) is 3.68. The van der Waals surface area contributed by atoms with Gasteiger partial charge in [-0.1, -0.05) is 17.7 Å². The summed E-state index contributed by atoms with van der Waals surface area (Å²) in [4.78, 5) is 10.5. The zero-order valence-corrected chi connectivity index (χ0v) is 9.17. The molecule has 0 heterocycles. The number of hydrazone groups is 1. The van der Waals surface area contributed by atoms with Crippen LogP contribution >= 0.6 is 11.6 Å². The summed E-state index contributed by atoms with van der Waals surface area (Å²) in [5.74, 6) is -1.05. The molecule has 0 aliphatic rings. The Morgan fingerprint density at radius 1 is 1.53 bits per heavy atom. The zero-order valence-electron chi connectivity index (χ0n) is 8.41. The van der Waals surface area contributed by atoms with Crippen LogP contribution < -0.4 is 5.43 Å². The van der Waals surface area contributed by atoms with E-state index in [2.05, 4.69) is 10.5 Å². The third-order valence-electron chi connectivity index (χ3n) is 1.92. The van der Waals surface area contributed by atoms with Crippen LogP contribution in [0, 0.1) is 6.92 Å². The van der Waals surface area contributed by atoms with Crippen molar-refractivity contribution in [1.82, 2.24) is 0 Å². The van der Waals surface area contributed by atoms with E-state index in [4.69, 9.17) is 16.7 Å². The van der Waals surface area contributed by atoms with Gasteiger partial charge in [-0.05, 0) is 31.5 Å². The number of halogens is 1. The summed E-state index contributed by atoms with van der Waals surface area (Å²) < 4.78 is 0. The van der Waals surface area contributed by atoms with Gasteiger partial charge < -0.3 is 5.11 Å². The van der Waals surface area contributed by atoms with Gasteiger partial charge in [-0.25, -0.2) is 4.79 Å². The number of rotatable bonds is 3. The minimum absolute atomic E-state index is 0.00521. The second-order valence-electron chi connectivity index (χ2n) is 3.03. The van der Waals surface area contributed by atoms with Crippen LogP contribution in [0.4, 0.5) is 5.69 Å². The lowest BCUT2D eigenvalue weighted by molar-refractivity contribution is -0.129. The highest BCUT2D eigenvalue weighted by Gasteiger charge is 2.03. The summed E-state index contributed by atoms with van der Waals surface area (Å²) in [6, 6.07) is 5.30. The van der Waals surface area contributed by atoms with Crippen LogP contribution in [0.15, 0.2) is 23.3 Å². The van der Waals surface area contributed by atoms with Crippen LogP contribution in [0.3, 0.4) is 0 Å². The van der Waals surface area contributed by atoms with Crippen molar-refractivity contribution in [2.24, 2.45) is 5.10 Å². The summed E-state index contributed by atoms with van der Waals surface area (Å²) in [5, 5.41) is 12.9. The molecule has 5 heteroatoms. The van der Waals surface area contributed by atoms with E-state index in [-0.39, 0.29) is 5.71 Å². The maximum absolute atomic E-state index is 10.5. The van der Waals surface area contributed by atoms with Crippen molar-refractivity contribution in [2.45, 2.75) is 13.8 Å². The molecule has 0 atom stereocenters. The van der Waals surface area contributed by atoms with Gasteiger partial charge in [-0.3, -0.25) is 5.43 Å². The Balaban J connectivity index is 2.87. The average Bonchev–Trinajstić information content (AvgIpc) is 2.19. The zero-order chi connectivity index (χ0) is 11.4. The molecule has 0 aliphatic carbocycles. The molecule has 0 aliphatic heterocycles. The fourth-order valence-electron chi connectivity index (χ4n) is 0.920. The van der Waals surface area contributed by atoms with Gasteiger partial charge in [0, 0.05) is 5.02 Å². The fourth-order valence-corrected chi connectivity index (χ4v) is 1.10. The number of hydrogen-bond donors (Lipinski definition) is 2. The number of carboxylic acid groups (broad SMARTS) is 1. The SMILES string of the molecule is CC(=NNc1cccc(Cl)c1C)C(=O)O. The Bertz CT molecular complexity index is 416. The summed E-state index contributed by atoms with van der Waals surface area (Å²) in [5.41, 5.74) is 4.18. The molecule has 0 bridgehead atoms. The standard InChI is InChI=1S/C10H11ClN2O2/c1-6-8(11)4-3-5-9(6)13-12-7(2)10(14)15/h3-5,13H,1-2H3,(H,14,15). The molecule has 80 valence electrons. The molecule has 0 radical (unpaired) electrons. The molecular weight excluding hydrogens is 216 g/mol. The number of nitrogens with zero attached hydrogens (tertiary/aromatic N) is 1. The topological polar surface area (TPSA) is 61.7 Å². The lowest BCUT2D eigenvalue weighted by Gasteiger charge is -2.06. The van der Waals surface area contributed by atoms with E-state index in [0.29, 0.717) is 10.7 Å². The molecule has 0 unspecified atom stereocenters. The lowest BCUT2D eigenvalue weighted by Crippen LogP contribution is -2.10. The Hall–Kier alpha value is -1.55. The third-order valence-corrected chi connectivity index (χ3v) is 2.33. The first-order valence-corrected chi connectivity index (χ1v) is 4.69. The van der Waals surface area contributed by atoms with Gasteiger partial charge in [0.1, 0.15) is 5.71 Å². The van der Waals surface area contributed by atoms with Crippen LogP contribution in [0.5, 0.6) is 0 Å².